The second-order valence-electron chi connectivity index (χ2n) is 5.68. The van der Waals surface area contributed by atoms with Gasteiger partial charge in [-0.05, 0) is 31.2 Å². The number of nitrogens with zero attached hydrogens (tertiary/aromatic N) is 1. The molecule has 0 aliphatic carbocycles. The third-order valence-corrected chi connectivity index (χ3v) is 3.91. The number of carbonyl (C=O) groups is 3. The van der Waals surface area contributed by atoms with Gasteiger partial charge in [-0.25, -0.2) is 0 Å². The molecule has 7 heteroatoms. The zero-order valence-corrected chi connectivity index (χ0v) is 13.2. The number of hydrogen-bond acceptors (Lipinski definition) is 4. The molecule has 2 rings (SSSR count). The molecule has 0 aromatic heterocycles. The minimum atomic E-state index is -0.521. The van der Waals surface area contributed by atoms with Gasteiger partial charge in [-0.1, -0.05) is 0 Å². The number of rotatable bonds is 6. The molecule has 0 radical (unpaired) electrons. The van der Waals surface area contributed by atoms with Gasteiger partial charge < -0.3 is 20.7 Å². The van der Waals surface area contributed by atoms with E-state index in [1.165, 1.54) is 0 Å². The molecule has 1 aromatic carbocycles. The molecule has 3 N–H and O–H groups in total. The Balaban J connectivity index is 1.96. The van der Waals surface area contributed by atoms with E-state index < -0.39 is 11.8 Å². The average Bonchev–Trinajstić information content (AvgIpc) is 2.90. The maximum absolute atomic E-state index is 12.3. The fraction of sp³-hybridized carbons (Fsp3) is 0.438. The summed E-state index contributed by atoms with van der Waals surface area (Å²) in [5.41, 5.74) is 6.11. The van der Waals surface area contributed by atoms with Gasteiger partial charge in [0, 0.05) is 31.3 Å². The summed E-state index contributed by atoms with van der Waals surface area (Å²) < 4.78 is 5.05. The normalized spacial score (nSPS) is 18.8. The van der Waals surface area contributed by atoms with E-state index in [-0.39, 0.29) is 24.3 Å². The summed E-state index contributed by atoms with van der Waals surface area (Å²) in [4.78, 5) is 37.0. The third-order valence-electron chi connectivity index (χ3n) is 3.91. The topological polar surface area (TPSA) is 102 Å². The molecule has 1 fully saturated rings. The van der Waals surface area contributed by atoms with E-state index in [0.717, 1.165) is 0 Å². The smallest absolute Gasteiger partial charge is 0.248 e. The number of likely N-dealkylation sites (tertiary alicyclic amines) is 1. The van der Waals surface area contributed by atoms with Crippen molar-refractivity contribution in [2.24, 2.45) is 11.7 Å². The first-order chi connectivity index (χ1) is 10.9. The molecular weight excluding hydrogens is 298 g/mol. The van der Waals surface area contributed by atoms with Crippen LogP contribution in [0.15, 0.2) is 24.3 Å². The number of benzene rings is 1. The van der Waals surface area contributed by atoms with Gasteiger partial charge in [-0.2, -0.15) is 0 Å². The van der Waals surface area contributed by atoms with Gasteiger partial charge in [0.2, 0.25) is 17.7 Å². The molecule has 0 bridgehead atoms. The molecule has 7 nitrogen and oxygen atoms in total. The summed E-state index contributed by atoms with van der Waals surface area (Å²) in [7, 11) is 1.58. The molecule has 1 aromatic rings. The predicted molar refractivity (Wildman–Crippen MR) is 84.7 cm³/mol. The van der Waals surface area contributed by atoms with Crippen molar-refractivity contribution in [1.29, 1.82) is 0 Å². The first-order valence-electron chi connectivity index (χ1n) is 7.41. The summed E-state index contributed by atoms with van der Waals surface area (Å²) >= 11 is 0. The van der Waals surface area contributed by atoms with Crippen LogP contribution in [0.25, 0.3) is 0 Å². The minimum absolute atomic E-state index is 0.0428. The molecule has 124 valence electrons. The van der Waals surface area contributed by atoms with Crippen molar-refractivity contribution >= 4 is 23.4 Å². The van der Waals surface area contributed by atoms with Crippen LogP contribution >= 0.6 is 0 Å². The van der Waals surface area contributed by atoms with Crippen molar-refractivity contribution in [2.75, 3.05) is 25.6 Å². The number of anilines is 1. The summed E-state index contributed by atoms with van der Waals surface area (Å²) in [6, 6.07) is 6.26. The Labute approximate surface area is 134 Å². The van der Waals surface area contributed by atoms with E-state index in [2.05, 4.69) is 5.32 Å². The number of primary amides is 1. The van der Waals surface area contributed by atoms with E-state index in [1.54, 1.807) is 36.3 Å². The number of nitrogens with two attached hydrogens (primary N) is 1. The van der Waals surface area contributed by atoms with Gasteiger partial charge in [-0.15, -0.1) is 0 Å². The van der Waals surface area contributed by atoms with Crippen molar-refractivity contribution < 1.29 is 19.1 Å². The third kappa shape index (κ3) is 4.07. The highest BCUT2D eigenvalue weighted by Crippen LogP contribution is 2.22. The molecule has 0 saturated carbocycles. The highest BCUT2D eigenvalue weighted by Gasteiger charge is 2.36. The van der Waals surface area contributed by atoms with Crippen LogP contribution in [0, 0.1) is 5.92 Å². The lowest BCUT2D eigenvalue weighted by atomic mass is 10.1. The molecule has 23 heavy (non-hydrogen) atoms. The van der Waals surface area contributed by atoms with E-state index in [0.29, 0.717) is 24.4 Å². The quantitative estimate of drug-likeness (QED) is 0.802. The van der Waals surface area contributed by atoms with Crippen LogP contribution in [0.1, 0.15) is 23.7 Å². The SMILES string of the molecule is COC[C@H](C)N1C[C@H](C(=O)Nc2ccc(C(N)=O)cc2)CC1=O. The van der Waals surface area contributed by atoms with Crippen LogP contribution in [-0.4, -0.2) is 48.9 Å². The van der Waals surface area contributed by atoms with Crippen molar-refractivity contribution in [3.05, 3.63) is 29.8 Å². The standard InChI is InChI=1S/C16H21N3O4/c1-10(9-23-2)19-8-12(7-14(19)20)16(22)18-13-5-3-11(4-6-13)15(17)21/h3-6,10,12H,7-9H2,1-2H3,(H2,17,21)(H,18,22)/t10-,12+/m0/s1. The van der Waals surface area contributed by atoms with Crippen LogP contribution in [0.5, 0.6) is 0 Å². The number of carbonyl (C=O) groups excluding carboxylic acids is 3. The van der Waals surface area contributed by atoms with Crippen LogP contribution in [-0.2, 0) is 14.3 Å². The molecule has 2 atom stereocenters. The second kappa shape index (κ2) is 7.23. The first kappa shape index (κ1) is 17.0. The number of nitrogens with one attached hydrogen (secondary N) is 1. The molecular formula is C16H21N3O4. The first-order valence-corrected chi connectivity index (χ1v) is 7.41. The maximum Gasteiger partial charge on any atom is 0.248 e. The average molecular weight is 319 g/mol. The zero-order chi connectivity index (χ0) is 17.0. The van der Waals surface area contributed by atoms with Crippen LogP contribution in [0.3, 0.4) is 0 Å². The summed E-state index contributed by atoms with van der Waals surface area (Å²) in [6.07, 6.45) is 0.194. The maximum atomic E-state index is 12.3. The predicted octanol–water partition coefficient (Wildman–Crippen LogP) is 0.607. The van der Waals surface area contributed by atoms with Gasteiger partial charge >= 0.3 is 0 Å². The van der Waals surface area contributed by atoms with Gasteiger partial charge in [0.05, 0.1) is 18.6 Å². The van der Waals surface area contributed by atoms with Gasteiger partial charge in [0.15, 0.2) is 0 Å². The van der Waals surface area contributed by atoms with Gasteiger partial charge in [0.1, 0.15) is 0 Å². The molecule has 3 amide bonds. The Hall–Kier alpha value is -2.41. The monoisotopic (exact) mass is 319 g/mol. The van der Waals surface area contributed by atoms with E-state index in [4.69, 9.17) is 10.5 Å². The Morgan fingerprint density at radius 2 is 2.04 bits per heavy atom. The number of hydrogen-bond donors (Lipinski definition) is 2. The lowest BCUT2D eigenvalue weighted by Crippen LogP contribution is -2.38. The van der Waals surface area contributed by atoms with Crippen LogP contribution in [0.4, 0.5) is 5.69 Å². The summed E-state index contributed by atoms with van der Waals surface area (Å²) in [6.45, 7) is 2.72. The highest BCUT2D eigenvalue weighted by atomic mass is 16.5. The fourth-order valence-corrected chi connectivity index (χ4v) is 2.63. The molecule has 1 saturated heterocycles. The summed E-state index contributed by atoms with van der Waals surface area (Å²) in [5.74, 6) is -1.17. The largest absolute Gasteiger partial charge is 0.383 e. The Kier molecular flexibility index (Phi) is 5.33. The molecule has 0 unspecified atom stereocenters. The van der Waals surface area contributed by atoms with E-state index in [1.807, 2.05) is 6.92 Å². The summed E-state index contributed by atoms with van der Waals surface area (Å²) in [5, 5.41) is 2.76. The minimum Gasteiger partial charge on any atom is -0.383 e. The lowest BCUT2D eigenvalue weighted by molar-refractivity contribution is -0.130. The molecule has 1 heterocycles. The van der Waals surface area contributed by atoms with Crippen molar-refractivity contribution in [2.45, 2.75) is 19.4 Å². The van der Waals surface area contributed by atoms with Crippen LogP contribution < -0.4 is 11.1 Å². The van der Waals surface area contributed by atoms with Gasteiger partial charge in [0.25, 0.3) is 0 Å². The van der Waals surface area contributed by atoms with Gasteiger partial charge in [-0.3, -0.25) is 14.4 Å². The second-order valence-corrected chi connectivity index (χ2v) is 5.68. The number of ether oxygens (including phenoxy) is 1. The molecule has 1 aliphatic rings. The Morgan fingerprint density at radius 3 is 2.61 bits per heavy atom. The number of methoxy groups -OCH3 is 1. The molecule has 1 aliphatic heterocycles. The zero-order valence-electron chi connectivity index (χ0n) is 13.2. The van der Waals surface area contributed by atoms with Crippen LogP contribution in [0.2, 0.25) is 0 Å². The van der Waals surface area contributed by atoms with Crippen molar-refractivity contribution in [3.63, 3.8) is 0 Å². The Bertz CT molecular complexity index is 600. The number of amides is 3. The van der Waals surface area contributed by atoms with Crippen molar-refractivity contribution in [3.8, 4) is 0 Å². The Morgan fingerprint density at radius 1 is 1.39 bits per heavy atom. The lowest BCUT2D eigenvalue weighted by Gasteiger charge is -2.23. The van der Waals surface area contributed by atoms with E-state index in [9.17, 15) is 14.4 Å². The van der Waals surface area contributed by atoms with E-state index >= 15 is 0 Å². The fourth-order valence-electron chi connectivity index (χ4n) is 2.63. The highest BCUT2D eigenvalue weighted by molar-refractivity contribution is 5.98. The van der Waals surface area contributed by atoms with Crippen molar-refractivity contribution in [1.82, 2.24) is 4.90 Å². The molecule has 0 spiro atoms.